The molecule has 190 valence electrons. The third-order valence-corrected chi connectivity index (χ3v) is 8.93. The molecule has 0 saturated heterocycles. The Labute approximate surface area is 206 Å². The number of aliphatic hydroxyl groups is 1. The van der Waals surface area contributed by atoms with Gasteiger partial charge in [-0.15, -0.1) is 0 Å². The first-order chi connectivity index (χ1) is 16.4. The molecule has 1 N–H and O–H groups in total. The van der Waals surface area contributed by atoms with Crippen LogP contribution in [0, 0.1) is 40.4 Å². The number of aliphatic hydroxyl groups excluding tert-OH is 1. The normalized spacial score (nSPS) is 39.5. The summed E-state index contributed by atoms with van der Waals surface area (Å²) in [4.78, 5) is 50.1. The zero-order valence-electron chi connectivity index (χ0n) is 21.2. The van der Waals surface area contributed by atoms with E-state index in [4.69, 9.17) is 9.47 Å². The summed E-state index contributed by atoms with van der Waals surface area (Å²) in [5.74, 6) is -2.74. The molecular weight excluding hydrogens is 448 g/mol. The van der Waals surface area contributed by atoms with Crippen LogP contribution in [0.1, 0.15) is 60.3 Å². The minimum Gasteiger partial charge on any atom is -0.460 e. The number of unbranched alkanes of at least 4 members (excludes halogenated alkanes) is 1. The summed E-state index contributed by atoms with van der Waals surface area (Å²) in [5.41, 5.74) is -0.726. The SMILES string of the molecule is CCCCOC(=O)C(=O)[C@H]1C(C)C[C@H]2[C@@H]3C=C(OC(C)=O)C4=CC(=O)C=C[C@]4(C)[C@H]3C(O)C[C@]12C. The van der Waals surface area contributed by atoms with Crippen molar-refractivity contribution >= 4 is 23.5 Å². The number of ether oxygens (including phenoxy) is 2. The second kappa shape index (κ2) is 9.16. The maximum Gasteiger partial charge on any atom is 0.374 e. The van der Waals surface area contributed by atoms with Crippen LogP contribution in [0.3, 0.4) is 0 Å². The van der Waals surface area contributed by atoms with Gasteiger partial charge in [0.2, 0.25) is 5.78 Å². The van der Waals surface area contributed by atoms with Crippen LogP contribution in [0.4, 0.5) is 0 Å². The number of ketones is 2. The minimum atomic E-state index is -0.792. The van der Waals surface area contributed by atoms with E-state index in [9.17, 15) is 24.3 Å². The summed E-state index contributed by atoms with van der Waals surface area (Å²) in [5, 5.41) is 11.5. The Hall–Kier alpha value is -2.54. The van der Waals surface area contributed by atoms with Gasteiger partial charge in [0.05, 0.1) is 12.7 Å². The van der Waals surface area contributed by atoms with Crippen LogP contribution in [-0.4, -0.2) is 41.3 Å². The lowest BCUT2D eigenvalue weighted by Gasteiger charge is -2.57. The zero-order chi connectivity index (χ0) is 25.7. The van der Waals surface area contributed by atoms with Crippen molar-refractivity contribution in [3.05, 3.63) is 35.6 Å². The topological polar surface area (TPSA) is 107 Å². The lowest BCUT2D eigenvalue weighted by molar-refractivity contribution is -0.161. The van der Waals surface area contributed by atoms with Crippen LogP contribution in [0.15, 0.2) is 35.6 Å². The van der Waals surface area contributed by atoms with E-state index >= 15 is 0 Å². The lowest BCUT2D eigenvalue weighted by atomic mass is 9.48. The van der Waals surface area contributed by atoms with E-state index in [0.717, 1.165) is 6.42 Å². The van der Waals surface area contributed by atoms with Gasteiger partial charge in [-0.2, -0.15) is 0 Å². The summed E-state index contributed by atoms with van der Waals surface area (Å²) in [6.07, 6.45) is 8.54. The molecule has 2 fully saturated rings. The van der Waals surface area contributed by atoms with E-state index in [2.05, 4.69) is 0 Å². The molecule has 4 aliphatic carbocycles. The van der Waals surface area contributed by atoms with E-state index in [1.54, 1.807) is 0 Å². The van der Waals surface area contributed by atoms with Crippen molar-refractivity contribution in [2.24, 2.45) is 40.4 Å². The van der Waals surface area contributed by atoms with Crippen molar-refractivity contribution in [3.63, 3.8) is 0 Å². The van der Waals surface area contributed by atoms with Gasteiger partial charge in [0.15, 0.2) is 5.78 Å². The number of carbonyl (C=O) groups excluding carboxylic acids is 4. The molecule has 8 atom stereocenters. The molecule has 0 radical (unpaired) electrons. The van der Waals surface area contributed by atoms with Gasteiger partial charge in [-0.1, -0.05) is 40.2 Å². The smallest absolute Gasteiger partial charge is 0.374 e. The largest absolute Gasteiger partial charge is 0.460 e. The van der Waals surface area contributed by atoms with Crippen LogP contribution >= 0.6 is 0 Å². The van der Waals surface area contributed by atoms with Crippen molar-refractivity contribution in [2.45, 2.75) is 66.4 Å². The molecular formula is C28H36O7. The monoisotopic (exact) mass is 484 g/mol. The van der Waals surface area contributed by atoms with Gasteiger partial charge in [-0.3, -0.25) is 14.4 Å². The molecule has 2 unspecified atom stereocenters. The fraction of sp³-hybridized carbons (Fsp3) is 0.643. The number of esters is 2. The Balaban J connectivity index is 1.74. The van der Waals surface area contributed by atoms with E-state index in [1.165, 1.54) is 19.1 Å². The molecule has 0 aromatic heterocycles. The Kier molecular flexibility index (Phi) is 6.68. The van der Waals surface area contributed by atoms with E-state index < -0.39 is 40.6 Å². The van der Waals surface area contributed by atoms with Crippen molar-refractivity contribution in [1.29, 1.82) is 0 Å². The third-order valence-electron chi connectivity index (χ3n) is 8.93. The third kappa shape index (κ3) is 4.11. The molecule has 0 amide bonds. The Morgan fingerprint density at radius 2 is 1.94 bits per heavy atom. The van der Waals surface area contributed by atoms with Crippen molar-refractivity contribution < 1.29 is 33.8 Å². The molecule has 7 heteroatoms. The molecule has 0 aromatic carbocycles. The first-order valence-electron chi connectivity index (χ1n) is 12.7. The maximum atomic E-state index is 13.3. The van der Waals surface area contributed by atoms with Crippen LogP contribution in [0.5, 0.6) is 0 Å². The second-order valence-electron chi connectivity index (χ2n) is 11.2. The predicted octanol–water partition coefficient (Wildman–Crippen LogP) is 3.71. The number of hydrogen-bond donors (Lipinski definition) is 1. The minimum absolute atomic E-state index is 0.0155. The molecule has 0 heterocycles. The average Bonchev–Trinajstić information content (AvgIpc) is 3.03. The van der Waals surface area contributed by atoms with Gasteiger partial charge in [0.25, 0.3) is 0 Å². The quantitative estimate of drug-likeness (QED) is 0.348. The van der Waals surface area contributed by atoms with Gasteiger partial charge >= 0.3 is 11.9 Å². The molecule has 0 aliphatic heterocycles. The highest BCUT2D eigenvalue weighted by atomic mass is 16.5. The van der Waals surface area contributed by atoms with Crippen LogP contribution < -0.4 is 0 Å². The molecule has 2 saturated carbocycles. The Morgan fingerprint density at radius 3 is 2.60 bits per heavy atom. The molecule has 4 aliphatic rings. The van der Waals surface area contributed by atoms with Crippen LogP contribution in [-0.2, 0) is 28.7 Å². The van der Waals surface area contributed by atoms with Crippen molar-refractivity contribution in [1.82, 2.24) is 0 Å². The summed E-state index contributed by atoms with van der Waals surface area (Å²) in [6, 6.07) is 0. The summed E-state index contributed by atoms with van der Waals surface area (Å²) < 4.78 is 10.8. The van der Waals surface area contributed by atoms with Crippen molar-refractivity contribution in [2.75, 3.05) is 6.61 Å². The summed E-state index contributed by atoms with van der Waals surface area (Å²) >= 11 is 0. The number of fused-ring (bicyclic) bond motifs is 5. The molecule has 35 heavy (non-hydrogen) atoms. The maximum absolute atomic E-state index is 13.3. The van der Waals surface area contributed by atoms with Crippen LogP contribution in [0.2, 0.25) is 0 Å². The fourth-order valence-electron chi connectivity index (χ4n) is 7.56. The van der Waals surface area contributed by atoms with Gasteiger partial charge < -0.3 is 14.6 Å². The van der Waals surface area contributed by atoms with Gasteiger partial charge in [0, 0.05) is 29.7 Å². The first kappa shape index (κ1) is 25.5. The highest BCUT2D eigenvalue weighted by Crippen LogP contribution is 2.66. The lowest BCUT2D eigenvalue weighted by Crippen LogP contribution is -2.56. The van der Waals surface area contributed by atoms with E-state index in [-0.39, 0.29) is 36.1 Å². The number of hydrogen-bond acceptors (Lipinski definition) is 7. The molecule has 0 bridgehead atoms. The van der Waals surface area contributed by atoms with Crippen LogP contribution in [0.25, 0.3) is 0 Å². The Bertz CT molecular complexity index is 1040. The summed E-state index contributed by atoms with van der Waals surface area (Å²) in [7, 11) is 0. The van der Waals surface area contributed by atoms with Gasteiger partial charge in [-0.05, 0) is 60.7 Å². The number of allylic oxidation sites excluding steroid dienone is 5. The Morgan fingerprint density at radius 1 is 1.23 bits per heavy atom. The second-order valence-corrected chi connectivity index (χ2v) is 11.2. The molecule has 0 spiro atoms. The highest BCUT2D eigenvalue weighted by Gasteiger charge is 2.65. The predicted molar refractivity (Wildman–Crippen MR) is 128 cm³/mol. The molecule has 7 nitrogen and oxygen atoms in total. The highest BCUT2D eigenvalue weighted by molar-refractivity contribution is 6.34. The fourth-order valence-corrected chi connectivity index (χ4v) is 7.56. The van der Waals surface area contributed by atoms with Crippen molar-refractivity contribution in [3.8, 4) is 0 Å². The number of carbonyl (C=O) groups is 4. The van der Waals surface area contributed by atoms with E-state index in [0.29, 0.717) is 30.6 Å². The van der Waals surface area contributed by atoms with Gasteiger partial charge in [0.1, 0.15) is 5.76 Å². The van der Waals surface area contributed by atoms with E-state index in [1.807, 2.05) is 39.8 Å². The zero-order valence-corrected chi connectivity index (χ0v) is 21.2. The standard InChI is InChI=1S/C28H36O7/c1-6-7-10-34-26(33)25(32)23-15(2)11-19-18-13-22(35-16(3)29)20-12-17(30)8-9-27(20,4)24(18)21(31)14-28(19,23)5/h8-9,12-13,15,18-19,21,23-24,31H,6-7,10-11,14H2,1-5H3/t15?,18-,19-,21?,23+,24+,27-,28-/m0/s1. The molecule has 4 rings (SSSR count). The van der Waals surface area contributed by atoms with Gasteiger partial charge in [-0.25, -0.2) is 4.79 Å². The molecule has 0 aromatic rings. The number of Topliss-reactive ketones (excluding diaryl/α,β-unsaturated/α-hetero) is 1. The summed E-state index contributed by atoms with van der Waals surface area (Å²) in [6.45, 7) is 9.48. The average molecular weight is 485 g/mol. The number of rotatable bonds is 6. The first-order valence-corrected chi connectivity index (χ1v) is 12.7.